The fourth-order valence-electron chi connectivity index (χ4n) is 2.70. The average Bonchev–Trinajstić information content (AvgIpc) is 2.89. The molecule has 0 unspecified atom stereocenters. The van der Waals surface area contributed by atoms with E-state index in [4.69, 9.17) is 0 Å². The highest BCUT2D eigenvalue weighted by Crippen LogP contribution is 2.28. The zero-order valence-corrected chi connectivity index (χ0v) is 10.6. The molecule has 18 heavy (non-hydrogen) atoms. The number of nitrogens with zero attached hydrogens (tertiary/aromatic N) is 5. The van der Waals surface area contributed by atoms with Crippen LogP contribution in [0, 0.1) is 5.92 Å². The van der Waals surface area contributed by atoms with Crippen LogP contribution in [-0.4, -0.2) is 31.1 Å². The highest BCUT2D eigenvalue weighted by molar-refractivity contribution is 5.44. The summed E-state index contributed by atoms with van der Waals surface area (Å²) in [6.45, 7) is 2.28. The molecule has 0 aliphatic heterocycles. The summed E-state index contributed by atoms with van der Waals surface area (Å²) < 4.78 is 1.71. The Hall–Kier alpha value is -1.72. The maximum absolute atomic E-state index is 4.16. The molecule has 2 heterocycles. The summed E-state index contributed by atoms with van der Waals surface area (Å²) in [5, 5.41) is 15.0. The van der Waals surface area contributed by atoms with Crippen LogP contribution < -0.4 is 5.32 Å². The zero-order chi connectivity index (χ0) is 12.4. The summed E-state index contributed by atoms with van der Waals surface area (Å²) in [5.41, 5.74) is 0.683. The molecule has 0 bridgehead atoms. The second kappa shape index (κ2) is 4.88. The molecule has 1 N–H and O–H groups in total. The van der Waals surface area contributed by atoms with E-state index in [-0.39, 0.29) is 0 Å². The summed E-state index contributed by atoms with van der Waals surface area (Å²) in [6.07, 6.45) is 9.82. The van der Waals surface area contributed by atoms with Gasteiger partial charge < -0.3 is 5.32 Å². The van der Waals surface area contributed by atoms with Crippen LogP contribution in [0.2, 0.25) is 0 Å². The first-order valence-electron chi connectivity index (χ1n) is 6.65. The predicted molar refractivity (Wildman–Crippen MR) is 68.2 cm³/mol. The van der Waals surface area contributed by atoms with Crippen molar-refractivity contribution in [3.63, 3.8) is 0 Å². The number of nitrogens with one attached hydrogen (secondary N) is 1. The van der Waals surface area contributed by atoms with Crippen molar-refractivity contribution in [3.8, 4) is 0 Å². The zero-order valence-electron chi connectivity index (χ0n) is 10.6. The molecular weight excluding hydrogens is 228 g/mol. The van der Waals surface area contributed by atoms with Crippen molar-refractivity contribution in [1.82, 2.24) is 25.0 Å². The molecule has 6 heteroatoms. The summed E-state index contributed by atoms with van der Waals surface area (Å²) in [5.74, 6) is 1.79. The molecule has 1 fully saturated rings. The molecule has 0 atom stereocenters. The Kier molecular flexibility index (Phi) is 3.08. The highest BCUT2D eigenvalue weighted by atomic mass is 15.5. The van der Waals surface area contributed by atoms with Crippen LogP contribution in [0.3, 0.4) is 0 Å². The lowest BCUT2D eigenvalue weighted by Crippen LogP contribution is -2.27. The van der Waals surface area contributed by atoms with Crippen molar-refractivity contribution in [2.75, 3.05) is 5.32 Å². The molecule has 0 saturated heterocycles. The topological polar surface area (TPSA) is 68.0 Å². The first-order chi connectivity index (χ1) is 8.86. The number of anilines is 1. The molecule has 0 amide bonds. The van der Waals surface area contributed by atoms with E-state index in [0.29, 0.717) is 11.7 Å². The predicted octanol–water partition coefficient (Wildman–Crippen LogP) is 1.90. The molecule has 1 saturated carbocycles. The van der Waals surface area contributed by atoms with Gasteiger partial charge in [0.05, 0.1) is 12.4 Å². The summed E-state index contributed by atoms with van der Waals surface area (Å²) in [7, 11) is 0. The largest absolute Gasteiger partial charge is 0.366 e. The minimum atomic E-state index is 0.518. The second-order valence-corrected chi connectivity index (χ2v) is 5.01. The van der Waals surface area contributed by atoms with Crippen LogP contribution in [0.25, 0.3) is 5.65 Å². The van der Waals surface area contributed by atoms with Gasteiger partial charge in [0.1, 0.15) is 0 Å². The van der Waals surface area contributed by atoms with Gasteiger partial charge in [-0.2, -0.15) is 4.52 Å². The van der Waals surface area contributed by atoms with E-state index >= 15 is 0 Å². The Morgan fingerprint density at radius 1 is 1.28 bits per heavy atom. The van der Waals surface area contributed by atoms with Crippen molar-refractivity contribution in [3.05, 3.63) is 12.4 Å². The average molecular weight is 246 g/mol. The van der Waals surface area contributed by atoms with Crippen LogP contribution >= 0.6 is 0 Å². The first kappa shape index (κ1) is 11.4. The van der Waals surface area contributed by atoms with E-state index in [1.165, 1.54) is 32.1 Å². The normalized spacial score (nSPS) is 24.3. The van der Waals surface area contributed by atoms with Crippen LogP contribution in [0.4, 0.5) is 5.82 Å². The molecule has 96 valence electrons. The van der Waals surface area contributed by atoms with Gasteiger partial charge in [-0.15, -0.1) is 5.10 Å². The van der Waals surface area contributed by atoms with E-state index in [1.807, 2.05) is 0 Å². The van der Waals surface area contributed by atoms with Gasteiger partial charge in [-0.3, -0.25) is 4.98 Å². The smallest absolute Gasteiger partial charge is 0.199 e. The Balaban J connectivity index is 1.71. The fourth-order valence-corrected chi connectivity index (χ4v) is 2.70. The third kappa shape index (κ3) is 2.14. The number of rotatable bonds is 3. The van der Waals surface area contributed by atoms with Crippen LogP contribution in [0.5, 0.6) is 0 Å². The van der Waals surface area contributed by atoms with Gasteiger partial charge in [-0.05, 0) is 42.0 Å². The number of hydrogen-bond donors (Lipinski definition) is 1. The molecule has 0 aromatic carbocycles. The van der Waals surface area contributed by atoms with Gasteiger partial charge >= 0.3 is 0 Å². The number of aromatic nitrogens is 5. The molecule has 2 aromatic rings. The molecule has 6 nitrogen and oxygen atoms in total. The minimum absolute atomic E-state index is 0.518. The van der Waals surface area contributed by atoms with E-state index in [2.05, 4.69) is 32.7 Å². The van der Waals surface area contributed by atoms with E-state index < -0.39 is 0 Å². The van der Waals surface area contributed by atoms with Crippen molar-refractivity contribution in [1.29, 1.82) is 0 Å². The Labute approximate surface area is 106 Å². The molecule has 2 aromatic heterocycles. The number of hydrogen-bond acceptors (Lipinski definition) is 5. The lowest BCUT2D eigenvalue weighted by molar-refractivity contribution is 0.329. The van der Waals surface area contributed by atoms with Crippen LogP contribution in [0.1, 0.15) is 39.0 Å². The van der Waals surface area contributed by atoms with Crippen LogP contribution in [0.15, 0.2) is 12.4 Å². The Bertz CT molecular complexity index is 514. The van der Waals surface area contributed by atoms with Crippen molar-refractivity contribution < 1.29 is 0 Å². The van der Waals surface area contributed by atoms with Gasteiger partial charge in [-0.25, -0.2) is 0 Å². The van der Waals surface area contributed by atoms with Gasteiger partial charge in [0, 0.05) is 6.04 Å². The fraction of sp³-hybridized carbons (Fsp3) is 0.667. The van der Waals surface area contributed by atoms with Crippen molar-refractivity contribution >= 4 is 11.5 Å². The number of tetrazole rings is 1. The van der Waals surface area contributed by atoms with Gasteiger partial charge in [0.25, 0.3) is 0 Å². The maximum atomic E-state index is 4.16. The molecule has 1 aliphatic rings. The first-order valence-corrected chi connectivity index (χ1v) is 6.65. The molecule has 3 rings (SSSR count). The third-order valence-corrected chi connectivity index (χ3v) is 3.88. The molecule has 0 radical (unpaired) electrons. The lowest BCUT2D eigenvalue weighted by atomic mass is 9.84. The molecular formula is C12H18N6. The van der Waals surface area contributed by atoms with E-state index in [9.17, 15) is 0 Å². The van der Waals surface area contributed by atoms with Gasteiger partial charge in [0.2, 0.25) is 0 Å². The Morgan fingerprint density at radius 3 is 2.89 bits per heavy atom. The SMILES string of the molecule is CCC1CCC(Nc2cncc3nnnn23)CC1. The summed E-state index contributed by atoms with van der Waals surface area (Å²) in [6, 6.07) is 0.518. The second-order valence-electron chi connectivity index (χ2n) is 5.01. The van der Waals surface area contributed by atoms with Crippen molar-refractivity contribution in [2.24, 2.45) is 5.92 Å². The Morgan fingerprint density at radius 2 is 2.11 bits per heavy atom. The van der Waals surface area contributed by atoms with E-state index in [1.54, 1.807) is 16.9 Å². The minimum Gasteiger partial charge on any atom is -0.366 e. The molecule has 1 aliphatic carbocycles. The van der Waals surface area contributed by atoms with Crippen molar-refractivity contribution in [2.45, 2.75) is 45.1 Å². The summed E-state index contributed by atoms with van der Waals surface area (Å²) in [4.78, 5) is 4.16. The lowest BCUT2D eigenvalue weighted by Gasteiger charge is -2.28. The van der Waals surface area contributed by atoms with Crippen LogP contribution in [-0.2, 0) is 0 Å². The van der Waals surface area contributed by atoms with Gasteiger partial charge in [-0.1, -0.05) is 13.3 Å². The quantitative estimate of drug-likeness (QED) is 0.895. The third-order valence-electron chi connectivity index (χ3n) is 3.88. The summed E-state index contributed by atoms with van der Waals surface area (Å²) >= 11 is 0. The monoisotopic (exact) mass is 246 g/mol. The molecule has 0 spiro atoms. The highest BCUT2D eigenvalue weighted by Gasteiger charge is 2.20. The standard InChI is InChI=1S/C12H18N6/c1-2-9-3-5-10(6-4-9)14-11-7-13-8-12-15-16-17-18(11)12/h7-10,14H,2-6H2,1H3. The number of fused-ring (bicyclic) bond motifs is 1. The maximum Gasteiger partial charge on any atom is 0.199 e. The van der Waals surface area contributed by atoms with Gasteiger partial charge in [0.15, 0.2) is 11.5 Å². The van der Waals surface area contributed by atoms with E-state index in [0.717, 1.165) is 11.7 Å².